The zero-order chi connectivity index (χ0) is 6.10. The van der Waals surface area contributed by atoms with Gasteiger partial charge in [-0.05, 0) is 12.1 Å². The molecule has 0 bridgehead atoms. The van der Waals surface area contributed by atoms with Gasteiger partial charge in [-0.15, -0.1) is 0 Å². The maximum atomic E-state index is 3.88. The average molecular weight is 143 g/mol. The van der Waals surface area contributed by atoms with E-state index in [1.807, 2.05) is 24.3 Å². The minimum atomic E-state index is 0. The Labute approximate surface area is 81.6 Å². The quantitative estimate of drug-likeness (QED) is 0.436. The molecule has 46 valence electrons. The first-order valence-corrected chi connectivity index (χ1v) is 2.72. The van der Waals surface area contributed by atoms with E-state index in [1.165, 1.54) is 0 Å². The summed E-state index contributed by atoms with van der Waals surface area (Å²) in [6.07, 6.45) is 0. The number of rotatable bonds is 0. The van der Waals surface area contributed by atoms with Crippen molar-refractivity contribution in [3.63, 3.8) is 0 Å². The second kappa shape index (κ2) is 3.14. The minimum Gasteiger partial charge on any atom is -1.00 e. The maximum absolute atomic E-state index is 3.88. The number of nitrogens with one attached hydrogen (secondary N) is 1. The molecule has 1 aromatic carbocycles. The van der Waals surface area contributed by atoms with Crippen molar-refractivity contribution in [2.75, 3.05) is 0 Å². The van der Waals surface area contributed by atoms with Crippen molar-refractivity contribution in [3.05, 3.63) is 24.3 Å². The third kappa shape index (κ3) is 1.21. The van der Waals surface area contributed by atoms with Crippen LogP contribution in [0.15, 0.2) is 24.3 Å². The fourth-order valence-electron chi connectivity index (χ4n) is 0.786. The summed E-state index contributed by atoms with van der Waals surface area (Å²) in [5, 5.41) is 10.3. The van der Waals surface area contributed by atoms with Crippen molar-refractivity contribution in [1.82, 2.24) is 15.4 Å². The number of aromatic amines is 1. The minimum absolute atomic E-state index is 0. The number of hydrogen-bond donors (Lipinski definition) is 1. The smallest absolute Gasteiger partial charge is 1.00 e. The molecule has 1 aromatic heterocycles. The molecule has 10 heavy (non-hydrogen) atoms. The van der Waals surface area contributed by atoms with Gasteiger partial charge in [0.05, 0.1) is 0 Å². The number of benzene rings is 1. The molecule has 0 atom stereocenters. The summed E-state index contributed by atoms with van der Waals surface area (Å²) in [6.45, 7) is 0. The Bertz CT molecular complexity index is 292. The molecule has 0 fully saturated rings. The van der Waals surface area contributed by atoms with E-state index in [0.717, 1.165) is 11.0 Å². The molecule has 0 unspecified atom stereocenters. The predicted molar refractivity (Wildman–Crippen MR) is 35.0 cm³/mol. The van der Waals surface area contributed by atoms with Crippen LogP contribution in [0, 0.1) is 0 Å². The van der Waals surface area contributed by atoms with Crippen molar-refractivity contribution in [2.45, 2.75) is 0 Å². The van der Waals surface area contributed by atoms with Crippen LogP contribution in [0.25, 0.3) is 11.0 Å². The molecule has 0 spiro atoms. The average Bonchev–Trinajstić information content (AvgIpc) is 2.33. The van der Waals surface area contributed by atoms with Crippen LogP contribution in [0.2, 0.25) is 0 Å². The SMILES string of the molecule is [H-].[Na+].c1ccc2n[nH]nc2c1. The van der Waals surface area contributed by atoms with E-state index in [9.17, 15) is 0 Å². The van der Waals surface area contributed by atoms with E-state index in [4.69, 9.17) is 0 Å². The topological polar surface area (TPSA) is 41.6 Å². The third-order valence-corrected chi connectivity index (χ3v) is 1.22. The number of para-hydroxylation sites is 2. The van der Waals surface area contributed by atoms with Crippen LogP contribution >= 0.6 is 0 Å². The van der Waals surface area contributed by atoms with Crippen molar-refractivity contribution < 1.29 is 31.0 Å². The molecule has 4 heteroatoms. The van der Waals surface area contributed by atoms with Crippen LogP contribution in [0.1, 0.15) is 1.43 Å². The van der Waals surface area contributed by atoms with E-state index in [1.54, 1.807) is 0 Å². The Balaban J connectivity index is 0.000000500. The van der Waals surface area contributed by atoms with Crippen LogP contribution in [0.3, 0.4) is 0 Å². The Morgan fingerprint density at radius 1 is 1.10 bits per heavy atom. The van der Waals surface area contributed by atoms with Crippen LogP contribution in [-0.2, 0) is 0 Å². The number of H-pyrrole nitrogens is 1. The molecule has 0 saturated carbocycles. The summed E-state index contributed by atoms with van der Waals surface area (Å²) in [7, 11) is 0. The van der Waals surface area contributed by atoms with Gasteiger partial charge in [-0.2, -0.15) is 15.4 Å². The summed E-state index contributed by atoms with van der Waals surface area (Å²) in [5.41, 5.74) is 1.83. The first-order valence-electron chi connectivity index (χ1n) is 2.72. The zero-order valence-electron chi connectivity index (χ0n) is 6.70. The van der Waals surface area contributed by atoms with Gasteiger partial charge in [0.25, 0.3) is 0 Å². The summed E-state index contributed by atoms with van der Waals surface area (Å²) in [4.78, 5) is 0. The van der Waals surface area contributed by atoms with E-state index < -0.39 is 0 Å². The third-order valence-electron chi connectivity index (χ3n) is 1.22. The molecule has 0 aliphatic carbocycles. The van der Waals surface area contributed by atoms with Crippen molar-refractivity contribution in [2.24, 2.45) is 0 Å². The summed E-state index contributed by atoms with van der Waals surface area (Å²) < 4.78 is 0. The second-order valence-corrected chi connectivity index (χ2v) is 1.81. The van der Waals surface area contributed by atoms with Gasteiger partial charge in [0.15, 0.2) is 0 Å². The van der Waals surface area contributed by atoms with Gasteiger partial charge in [0.2, 0.25) is 0 Å². The van der Waals surface area contributed by atoms with Crippen LogP contribution in [-0.4, -0.2) is 15.4 Å². The fourth-order valence-corrected chi connectivity index (χ4v) is 0.786. The number of hydrogen-bond acceptors (Lipinski definition) is 2. The molecular weight excluding hydrogens is 137 g/mol. The van der Waals surface area contributed by atoms with Gasteiger partial charge in [0, 0.05) is 0 Å². The second-order valence-electron chi connectivity index (χ2n) is 1.81. The van der Waals surface area contributed by atoms with Crippen molar-refractivity contribution in [1.29, 1.82) is 0 Å². The van der Waals surface area contributed by atoms with Crippen molar-refractivity contribution in [3.8, 4) is 0 Å². The summed E-state index contributed by atoms with van der Waals surface area (Å²) >= 11 is 0. The van der Waals surface area contributed by atoms with Crippen LogP contribution in [0.4, 0.5) is 0 Å². The van der Waals surface area contributed by atoms with E-state index in [-0.39, 0.29) is 31.0 Å². The van der Waals surface area contributed by atoms with E-state index >= 15 is 0 Å². The van der Waals surface area contributed by atoms with Gasteiger partial charge < -0.3 is 1.43 Å². The van der Waals surface area contributed by atoms with Gasteiger partial charge in [-0.25, -0.2) is 0 Å². The van der Waals surface area contributed by atoms with Gasteiger partial charge in [-0.1, -0.05) is 12.1 Å². The Morgan fingerprint density at radius 3 is 2.10 bits per heavy atom. The molecule has 3 nitrogen and oxygen atoms in total. The molecule has 0 aliphatic heterocycles. The number of aromatic nitrogens is 3. The Morgan fingerprint density at radius 2 is 1.60 bits per heavy atom. The first kappa shape index (κ1) is 7.72. The summed E-state index contributed by atoms with van der Waals surface area (Å²) in [5.74, 6) is 0. The van der Waals surface area contributed by atoms with Gasteiger partial charge in [0.1, 0.15) is 11.0 Å². The first-order chi connectivity index (χ1) is 4.47. The predicted octanol–water partition coefficient (Wildman–Crippen LogP) is -1.93. The Kier molecular flexibility index (Phi) is 2.43. The van der Waals surface area contributed by atoms with Crippen LogP contribution in [0.5, 0.6) is 0 Å². The molecule has 0 amide bonds. The largest absolute Gasteiger partial charge is 1.00 e. The van der Waals surface area contributed by atoms with Crippen molar-refractivity contribution >= 4 is 11.0 Å². The van der Waals surface area contributed by atoms with E-state index in [0.29, 0.717) is 0 Å². The normalized spacial score (nSPS) is 9.20. The van der Waals surface area contributed by atoms with Gasteiger partial charge >= 0.3 is 29.6 Å². The number of fused-ring (bicyclic) bond motifs is 1. The molecule has 1 heterocycles. The summed E-state index contributed by atoms with van der Waals surface area (Å²) in [6, 6.07) is 7.70. The number of nitrogens with zero attached hydrogens (tertiary/aromatic N) is 2. The maximum Gasteiger partial charge on any atom is 1.00 e. The van der Waals surface area contributed by atoms with Crippen LogP contribution < -0.4 is 29.6 Å². The van der Waals surface area contributed by atoms with Gasteiger partial charge in [-0.3, -0.25) is 0 Å². The molecule has 2 aromatic rings. The standard InChI is InChI=1S/C6H5N3.Na.H/c1-2-4-6-5(3-1)7-9-8-6;;/h1-4H,(H,7,8,9);;/q;+1;-1. The molecule has 1 N–H and O–H groups in total. The molecule has 0 aliphatic rings. The van der Waals surface area contributed by atoms with E-state index in [2.05, 4.69) is 15.4 Å². The monoisotopic (exact) mass is 143 g/mol. The molecule has 2 rings (SSSR count). The molecular formula is C6H6N3Na. The molecule has 0 radical (unpaired) electrons. The Hall–Kier alpha value is -0.380. The zero-order valence-corrected chi connectivity index (χ0v) is 7.70. The fraction of sp³-hybridized carbons (Fsp3) is 0. The molecule has 0 saturated heterocycles.